The van der Waals surface area contributed by atoms with E-state index in [1.165, 1.54) is 18.8 Å². The molecule has 1 unspecified atom stereocenters. The molecule has 2 N–H and O–H groups in total. The van der Waals surface area contributed by atoms with Gasteiger partial charge in [-0.05, 0) is 42.5 Å². The standard InChI is InChI=1S/C24H16Br2N4O5/c1-32-17-5-3-12(25)7-11(17)8-16-23(31)34-21-15(10-27)19(14-9-13(26)4-6-18(14)33-2)20-22(30(16)21)35-24(28)29-20/h3-9,19H,1-2H3,(H2,28,29)/b16-8+. The van der Waals surface area contributed by atoms with E-state index in [4.69, 9.17) is 24.0 Å². The smallest absolute Gasteiger partial charge is 0.362 e. The van der Waals surface area contributed by atoms with Gasteiger partial charge in [0, 0.05) is 20.1 Å². The van der Waals surface area contributed by atoms with Crippen LogP contribution in [0.5, 0.6) is 11.5 Å². The zero-order valence-corrected chi connectivity index (χ0v) is 21.5. The third kappa shape index (κ3) is 3.75. The lowest BCUT2D eigenvalue weighted by molar-refractivity contribution is 0.408. The summed E-state index contributed by atoms with van der Waals surface area (Å²) in [4.78, 5) is 17.4. The predicted molar refractivity (Wildman–Crippen MR) is 134 cm³/mol. The van der Waals surface area contributed by atoms with E-state index >= 15 is 0 Å². The van der Waals surface area contributed by atoms with Crippen molar-refractivity contribution in [3.8, 4) is 23.5 Å². The Balaban J connectivity index is 1.90. The molecule has 2 aromatic carbocycles. The third-order valence-electron chi connectivity index (χ3n) is 5.60. The molecule has 3 heterocycles. The fourth-order valence-corrected chi connectivity index (χ4v) is 4.90. The quantitative estimate of drug-likeness (QED) is 0.379. The molecule has 5 rings (SSSR count). The lowest BCUT2D eigenvalue weighted by Gasteiger charge is -2.21. The second kappa shape index (κ2) is 8.79. The molecule has 0 aliphatic carbocycles. The maximum Gasteiger partial charge on any atom is 0.362 e. The van der Waals surface area contributed by atoms with Gasteiger partial charge in [0.15, 0.2) is 0 Å². The highest BCUT2D eigenvalue weighted by Gasteiger charge is 2.37. The van der Waals surface area contributed by atoms with E-state index in [1.807, 2.05) is 18.2 Å². The van der Waals surface area contributed by atoms with E-state index in [1.54, 1.807) is 24.3 Å². The van der Waals surface area contributed by atoms with Gasteiger partial charge in [0.25, 0.3) is 6.01 Å². The summed E-state index contributed by atoms with van der Waals surface area (Å²) >= 11 is 6.90. The molecule has 0 bridgehead atoms. The molecular weight excluding hydrogens is 584 g/mol. The number of fused-ring (bicyclic) bond motifs is 3. The number of benzene rings is 2. The topological polar surface area (TPSA) is 129 Å². The Hall–Kier alpha value is -3.75. The van der Waals surface area contributed by atoms with E-state index < -0.39 is 11.5 Å². The number of ether oxygens (including phenoxy) is 2. The summed E-state index contributed by atoms with van der Waals surface area (Å²) < 4.78 is 25.3. The number of nitrogens with two attached hydrogens (primary N) is 1. The van der Waals surface area contributed by atoms with Crippen LogP contribution in [0.4, 0.5) is 6.01 Å². The first-order valence-corrected chi connectivity index (χ1v) is 11.8. The van der Waals surface area contributed by atoms with E-state index in [9.17, 15) is 10.1 Å². The minimum absolute atomic E-state index is 0.0217. The molecule has 2 aromatic heterocycles. The number of nitrogen functional groups attached to an aromatic ring is 1. The molecule has 1 aliphatic heterocycles. The van der Waals surface area contributed by atoms with E-state index in [0.717, 1.165) is 8.95 Å². The summed E-state index contributed by atoms with van der Waals surface area (Å²) in [6.07, 6.45) is 1.59. The number of nitrogens with zero attached hydrogens (tertiary/aromatic N) is 3. The number of halogens is 2. The number of anilines is 1. The monoisotopic (exact) mass is 598 g/mol. The van der Waals surface area contributed by atoms with Crippen molar-refractivity contribution in [2.75, 3.05) is 20.0 Å². The number of oxazole rings is 2. The van der Waals surface area contributed by atoms with Gasteiger partial charge >= 0.3 is 5.63 Å². The zero-order chi connectivity index (χ0) is 24.9. The molecular formula is C24H16Br2N4O5. The van der Waals surface area contributed by atoms with Gasteiger partial charge in [0.2, 0.25) is 11.4 Å². The van der Waals surface area contributed by atoms with Crippen molar-refractivity contribution in [2.24, 2.45) is 0 Å². The Bertz CT molecular complexity index is 1710. The summed E-state index contributed by atoms with van der Waals surface area (Å²) in [5, 5.41) is 10.3. The number of methoxy groups -OCH3 is 2. The van der Waals surface area contributed by atoms with Crippen molar-refractivity contribution < 1.29 is 18.3 Å². The first-order valence-electron chi connectivity index (χ1n) is 10.2. The molecule has 1 atom stereocenters. The van der Waals surface area contributed by atoms with Crippen LogP contribution in [0.3, 0.4) is 0 Å². The van der Waals surface area contributed by atoms with Crippen LogP contribution in [-0.4, -0.2) is 23.8 Å². The molecule has 35 heavy (non-hydrogen) atoms. The van der Waals surface area contributed by atoms with Gasteiger partial charge in [-0.1, -0.05) is 31.9 Å². The van der Waals surface area contributed by atoms with E-state index in [2.05, 4.69) is 42.9 Å². The molecule has 0 saturated carbocycles. The molecule has 9 nitrogen and oxygen atoms in total. The first kappa shape index (κ1) is 23.0. The number of hydrogen-bond donors (Lipinski definition) is 1. The Kier molecular flexibility index (Phi) is 5.78. The summed E-state index contributed by atoms with van der Waals surface area (Å²) in [6.45, 7) is 0. The molecule has 1 aliphatic rings. The van der Waals surface area contributed by atoms with E-state index in [-0.39, 0.29) is 28.4 Å². The van der Waals surface area contributed by atoms with Gasteiger partial charge in [-0.3, -0.25) is 0 Å². The molecule has 0 radical (unpaired) electrons. The van der Waals surface area contributed by atoms with Gasteiger partial charge in [-0.25, -0.2) is 9.36 Å². The van der Waals surface area contributed by atoms with Crippen molar-refractivity contribution >= 4 is 49.5 Å². The number of nitriles is 1. The third-order valence-corrected chi connectivity index (χ3v) is 6.58. The zero-order valence-electron chi connectivity index (χ0n) is 18.3. The molecule has 0 saturated heterocycles. The largest absolute Gasteiger partial charge is 0.496 e. The normalized spacial score (nSPS) is 14.9. The lowest BCUT2D eigenvalue weighted by Crippen LogP contribution is -2.35. The fraction of sp³-hybridized carbons (Fsp3) is 0.125. The summed E-state index contributed by atoms with van der Waals surface area (Å²) in [7, 11) is 3.06. The second-order valence-electron chi connectivity index (χ2n) is 7.53. The lowest BCUT2D eigenvalue weighted by atomic mass is 9.87. The van der Waals surface area contributed by atoms with Gasteiger partial charge in [0.05, 0.1) is 20.1 Å². The van der Waals surface area contributed by atoms with Crippen LogP contribution in [-0.2, 0) is 0 Å². The molecule has 176 valence electrons. The molecule has 11 heteroatoms. The number of rotatable bonds is 4. The van der Waals surface area contributed by atoms with Crippen molar-refractivity contribution in [1.29, 1.82) is 5.26 Å². The van der Waals surface area contributed by atoms with Crippen molar-refractivity contribution in [2.45, 2.75) is 5.92 Å². The summed E-state index contributed by atoms with van der Waals surface area (Å²) in [5.41, 5.74) is 7.04. The molecule has 0 amide bonds. The minimum atomic E-state index is -0.748. The average Bonchev–Trinajstić information content (AvgIpc) is 3.37. The van der Waals surface area contributed by atoms with Gasteiger partial charge < -0.3 is 24.0 Å². The van der Waals surface area contributed by atoms with Crippen LogP contribution in [0.1, 0.15) is 22.7 Å². The average molecular weight is 600 g/mol. The number of hydrogen-bond acceptors (Lipinski definition) is 8. The Labute approximate surface area is 215 Å². The van der Waals surface area contributed by atoms with Gasteiger partial charge in [-0.15, -0.1) is 0 Å². The Morgan fingerprint density at radius 2 is 1.80 bits per heavy atom. The molecule has 4 aromatic rings. The van der Waals surface area contributed by atoms with E-state index in [0.29, 0.717) is 28.3 Å². The maximum atomic E-state index is 13.1. The molecule has 0 fully saturated rings. The van der Waals surface area contributed by atoms with Crippen LogP contribution < -0.4 is 31.7 Å². The second-order valence-corrected chi connectivity index (χ2v) is 9.36. The molecule has 0 spiro atoms. The Morgan fingerprint density at radius 1 is 1.11 bits per heavy atom. The highest BCUT2D eigenvalue weighted by Crippen LogP contribution is 2.42. The van der Waals surface area contributed by atoms with Crippen molar-refractivity contribution in [3.05, 3.63) is 83.5 Å². The van der Waals surface area contributed by atoms with Crippen LogP contribution >= 0.6 is 31.9 Å². The summed E-state index contributed by atoms with van der Waals surface area (Å²) in [6, 6.07) is 12.8. The van der Waals surface area contributed by atoms with Crippen LogP contribution in [0.25, 0.3) is 17.5 Å². The minimum Gasteiger partial charge on any atom is -0.496 e. The highest BCUT2D eigenvalue weighted by molar-refractivity contribution is 9.10. The SMILES string of the molecule is COc1ccc(Br)cc1/C=c1\c(=O)oc2n1-c1oc(N)nc1C(c1cc(Br)ccc1OC)C=2C#N. The first-order chi connectivity index (χ1) is 16.9. The van der Waals surface area contributed by atoms with Gasteiger partial charge in [0.1, 0.15) is 34.2 Å². The van der Waals surface area contributed by atoms with Crippen LogP contribution in [0.15, 0.2) is 59.0 Å². The number of aromatic nitrogens is 2. The fourth-order valence-electron chi connectivity index (χ4n) is 4.15. The van der Waals surface area contributed by atoms with Crippen LogP contribution in [0.2, 0.25) is 0 Å². The maximum absolute atomic E-state index is 13.1. The Morgan fingerprint density at radius 3 is 2.49 bits per heavy atom. The highest BCUT2D eigenvalue weighted by atomic mass is 79.9. The summed E-state index contributed by atoms with van der Waals surface area (Å²) in [5.74, 6) is 0.487. The van der Waals surface area contributed by atoms with Gasteiger partial charge in [-0.2, -0.15) is 10.2 Å². The van der Waals surface area contributed by atoms with Crippen molar-refractivity contribution in [3.63, 3.8) is 0 Å². The van der Waals surface area contributed by atoms with Crippen molar-refractivity contribution in [1.82, 2.24) is 9.55 Å². The van der Waals surface area contributed by atoms with Crippen LogP contribution in [0, 0.1) is 11.3 Å². The predicted octanol–water partition coefficient (Wildman–Crippen LogP) is 3.19.